The second kappa shape index (κ2) is 6.89. The average molecular weight is 311 g/mol. The van der Waals surface area contributed by atoms with Gasteiger partial charge in [0.15, 0.2) is 11.6 Å². The van der Waals surface area contributed by atoms with E-state index in [0.717, 1.165) is 0 Å². The summed E-state index contributed by atoms with van der Waals surface area (Å²) in [7, 11) is 0. The van der Waals surface area contributed by atoms with Gasteiger partial charge in [0.2, 0.25) is 0 Å². The number of amides is 2. The molecule has 0 aliphatic heterocycles. The Hall–Kier alpha value is -2.35. The first-order chi connectivity index (χ1) is 10.1. The van der Waals surface area contributed by atoms with Crippen molar-refractivity contribution in [2.24, 2.45) is 0 Å². The first-order valence-electron chi connectivity index (χ1n) is 6.28. The van der Waals surface area contributed by atoms with Crippen LogP contribution in [0.5, 0.6) is 5.75 Å². The summed E-state index contributed by atoms with van der Waals surface area (Å²) >= 11 is 6.09. The van der Waals surface area contributed by atoms with Crippen LogP contribution < -0.4 is 15.4 Å². The molecular formula is C12H15ClN6O2. The highest BCUT2D eigenvalue weighted by molar-refractivity contribution is 6.32. The summed E-state index contributed by atoms with van der Waals surface area (Å²) < 4.78 is 5.61. The number of hydrogen-bond donors (Lipinski definition) is 3. The van der Waals surface area contributed by atoms with Gasteiger partial charge in [-0.3, -0.25) is 0 Å². The molecule has 2 aromatic rings. The van der Waals surface area contributed by atoms with Gasteiger partial charge in [0.25, 0.3) is 0 Å². The highest BCUT2D eigenvalue weighted by atomic mass is 35.5. The van der Waals surface area contributed by atoms with Gasteiger partial charge in [-0.05, 0) is 26.0 Å². The molecule has 21 heavy (non-hydrogen) atoms. The molecule has 0 saturated heterocycles. The lowest BCUT2D eigenvalue weighted by Gasteiger charge is -2.16. The Balaban J connectivity index is 2.01. The SMILES string of the molecule is CC(C)Oc1c(Cl)cccc1NC(=O)NCc1nn[nH]n1. The third-order valence-electron chi connectivity index (χ3n) is 2.37. The minimum absolute atomic E-state index is 0.0622. The van der Waals surface area contributed by atoms with Crippen molar-refractivity contribution in [2.45, 2.75) is 26.5 Å². The van der Waals surface area contributed by atoms with Crippen LogP contribution in [0.1, 0.15) is 19.7 Å². The van der Waals surface area contributed by atoms with Crippen molar-refractivity contribution in [1.82, 2.24) is 25.9 Å². The van der Waals surface area contributed by atoms with Crippen molar-refractivity contribution in [1.29, 1.82) is 0 Å². The number of rotatable bonds is 5. The van der Waals surface area contributed by atoms with Crippen LogP contribution in [0.4, 0.5) is 10.5 Å². The summed E-state index contributed by atoms with van der Waals surface area (Å²) in [5.41, 5.74) is 0.488. The van der Waals surface area contributed by atoms with E-state index in [2.05, 4.69) is 31.3 Å². The Morgan fingerprint density at radius 3 is 2.95 bits per heavy atom. The van der Waals surface area contributed by atoms with Gasteiger partial charge in [-0.1, -0.05) is 22.9 Å². The number of urea groups is 1. The molecule has 0 bridgehead atoms. The number of hydrogen-bond acceptors (Lipinski definition) is 5. The molecule has 1 aromatic heterocycles. The number of tetrazole rings is 1. The summed E-state index contributed by atoms with van der Waals surface area (Å²) in [6.07, 6.45) is -0.0622. The van der Waals surface area contributed by atoms with Gasteiger partial charge >= 0.3 is 6.03 Å². The first kappa shape index (κ1) is 15.0. The van der Waals surface area contributed by atoms with Crippen LogP contribution in [0.3, 0.4) is 0 Å². The molecule has 0 atom stereocenters. The molecular weight excluding hydrogens is 296 g/mol. The smallest absolute Gasteiger partial charge is 0.319 e. The lowest BCUT2D eigenvalue weighted by Crippen LogP contribution is -2.29. The van der Waals surface area contributed by atoms with Crippen molar-refractivity contribution < 1.29 is 9.53 Å². The molecule has 0 aliphatic carbocycles. The number of anilines is 1. The minimum atomic E-state index is -0.421. The number of aromatic amines is 1. The quantitative estimate of drug-likeness (QED) is 0.783. The fourth-order valence-electron chi connectivity index (χ4n) is 1.55. The van der Waals surface area contributed by atoms with Crippen molar-refractivity contribution in [3.05, 3.63) is 29.0 Å². The molecule has 2 amide bonds. The van der Waals surface area contributed by atoms with E-state index < -0.39 is 6.03 Å². The minimum Gasteiger partial charge on any atom is -0.487 e. The van der Waals surface area contributed by atoms with Crippen LogP contribution >= 0.6 is 11.6 Å². The standard InChI is InChI=1S/C12H15ClN6O2/c1-7(2)21-11-8(13)4-3-5-9(11)15-12(20)14-6-10-16-18-19-17-10/h3-5,7H,6H2,1-2H3,(H2,14,15,20)(H,16,17,18,19). The number of carbonyl (C=O) groups excluding carboxylic acids is 1. The van der Waals surface area contributed by atoms with Crippen LogP contribution in [0.2, 0.25) is 5.02 Å². The van der Waals surface area contributed by atoms with E-state index >= 15 is 0 Å². The summed E-state index contributed by atoms with van der Waals surface area (Å²) in [6.45, 7) is 3.91. The van der Waals surface area contributed by atoms with Gasteiger partial charge in [-0.25, -0.2) is 4.79 Å². The molecule has 112 valence electrons. The lowest BCUT2D eigenvalue weighted by molar-refractivity contribution is 0.241. The Bertz CT molecular complexity index is 602. The number of H-pyrrole nitrogens is 1. The third kappa shape index (κ3) is 4.32. The lowest BCUT2D eigenvalue weighted by atomic mass is 10.3. The first-order valence-corrected chi connectivity index (χ1v) is 6.66. The van der Waals surface area contributed by atoms with Gasteiger partial charge in [0.1, 0.15) is 0 Å². The number of nitrogens with one attached hydrogen (secondary N) is 3. The molecule has 0 fully saturated rings. The highest BCUT2D eigenvalue weighted by Gasteiger charge is 2.13. The molecule has 1 heterocycles. The summed E-state index contributed by atoms with van der Waals surface area (Å²) in [6, 6.07) is 4.71. The Morgan fingerprint density at radius 1 is 1.48 bits per heavy atom. The second-order valence-corrected chi connectivity index (χ2v) is 4.83. The predicted molar refractivity (Wildman–Crippen MR) is 77.3 cm³/mol. The maximum absolute atomic E-state index is 11.8. The summed E-state index contributed by atoms with van der Waals surface area (Å²) in [5, 5.41) is 18.9. The Morgan fingerprint density at radius 2 is 2.29 bits per heavy atom. The molecule has 8 nitrogen and oxygen atoms in total. The number of aromatic nitrogens is 4. The van der Waals surface area contributed by atoms with E-state index in [1.807, 2.05) is 13.8 Å². The molecule has 0 spiro atoms. The number of carbonyl (C=O) groups is 1. The molecule has 9 heteroatoms. The zero-order valence-corrected chi connectivity index (χ0v) is 12.3. The zero-order valence-electron chi connectivity index (χ0n) is 11.6. The van der Waals surface area contributed by atoms with E-state index in [1.165, 1.54) is 0 Å². The van der Waals surface area contributed by atoms with Gasteiger partial charge in [0, 0.05) is 0 Å². The van der Waals surface area contributed by atoms with Crippen molar-refractivity contribution in [3.8, 4) is 5.75 Å². The fraction of sp³-hybridized carbons (Fsp3) is 0.333. The summed E-state index contributed by atoms with van der Waals surface area (Å²) in [5.74, 6) is 0.818. The molecule has 0 saturated carbocycles. The normalized spacial score (nSPS) is 10.5. The number of ether oxygens (including phenoxy) is 1. The summed E-state index contributed by atoms with van der Waals surface area (Å²) in [4.78, 5) is 11.8. The maximum atomic E-state index is 11.8. The van der Waals surface area contributed by atoms with Gasteiger partial charge in [-0.15, -0.1) is 10.2 Å². The molecule has 0 aliphatic rings. The van der Waals surface area contributed by atoms with Crippen LogP contribution in [0.25, 0.3) is 0 Å². The van der Waals surface area contributed by atoms with Gasteiger partial charge in [0.05, 0.1) is 23.4 Å². The largest absolute Gasteiger partial charge is 0.487 e. The van der Waals surface area contributed by atoms with E-state index in [1.54, 1.807) is 18.2 Å². The molecule has 0 radical (unpaired) electrons. The van der Waals surface area contributed by atoms with Crippen molar-refractivity contribution in [2.75, 3.05) is 5.32 Å². The number of nitrogens with zero attached hydrogens (tertiary/aromatic N) is 3. The van der Waals surface area contributed by atoms with Crippen LogP contribution in [0.15, 0.2) is 18.2 Å². The fourth-order valence-corrected chi connectivity index (χ4v) is 1.77. The Kier molecular flexibility index (Phi) is 4.94. The highest BCUT2D eigenvalue weighted by Crippen LogP contribution is 2.33. The predicted octanol–water partition coefficient (Wildman–Crippen LogP) is 1.96. The van der Waals surface area contributed by atoms with Crippen molar-refractivity contribution in [3.63, 3.8) is 0 Å². The van der Waals surface area contributed by atoms with Crippen LogP contribution in [-0.2, 0) is 6.54 Å². The van der Waals surface area contributed by atoms with Crippen molar-refractivity contribution >= 4 is 23.3 Å². The van der Waals surface area contributed by atoms with E-state index in [4.69, 9.17) is 16.3 Å². The van der Waals surface area contributed by atoms with Crippen LogP contribution in [0, 0.1) is 0 Å². The number of para-hydroxylation sites is 1. The molecule has 0 unspecified atom stereocenters. The van der Waals surface area contributed by atoms with E-state index in [9.17, 15) is 4.79 Å². The van der Waals surface area contributed by atoms with E-state index in [-0.39, 0.29) is 12.6 Å². The van der Waals surface area contributed by atoms with Gasteiger partial charge in [-0.2, -0.15) is 5.21 Å². The maximum Gasteiger partial charge on any atom is 0.319 e. The second-order valence-electron chi connectivity index (χ2n) is 4.42. The molecule has 1 aromatic carbocycles. The molecule has 2 rings (SSSR count). The number of benzene rings is 1. The average Bonchev–Trinajstić information content (AvgIpc) is 2.93. The third-order valence-corrected chi connectivity index (χ3v) is 2.66. The monoisotopic (exact) mass is 310 g/mol. The van der Waals surface area contributed by atoms with Crippen LogP contribution in [-0.4, -0.2) is 32.8 Å². The molecule has 3 N–H and O–H groups in total. The zero-order chi connectivity index (χ0) is 15.2. The van der Waals surface area contributed by atoms with Gasteiger partial charge < -0.3 is 15.4 Å². The topological polar surface area (TPSA) is 105 Å². The number of halogens is 1. The Labute approximate surface area is 126 Å². The van der Waals surface area contributed by atoms with E-state index in [0.29, 0.717) is 22.3 Å².